The highest BCUT2D eigenvalue weighted by atomic mass is 79.9. The smallest absolute Gasteiger partial charge is 0.0937 e. The number of nitrogens with one attached hydrogen (secondary N) is 1. The van der Waals surface area contributed by atoms with E-state index < -0.39 is 0 Å². The van der Waals surface area contributed by atoms with E-state index in [0.29, 0.717) is 0 Å². The summed E-state index contributed by atoms with van der Waals surface area (Å²) in [4.78, 5) is 4.26. The van der Waals surface area contributed by atoms with Gasteiger partial charge in [0, 0.05) is 35.6 Å². The number of nitrogens with zero attached hydrogens (tertiary/aromatic N) is 1. The van der Waals surface area contributed by atoms with Gasteiger partial charge in [-0.15, -0.1) is 11.3 Å². The first-order chi connectivity index (χ1) is 8.25. The molecule has 90 valence electrons. The lowest BCUT2D eigenvalue weighted by molar-refractivity contribution is 0.683. The molecule has 0 amide bonds. The largest absolute Gasteiger partial charge is 0.312 e. The van der Waals surface area contributed by atoms with Crippen LogP contribution >= 0.6 is 27.3 Å². The van der Waals surface area contributed by atoms with Gasteiger partial charge in [-0.1, -0.05) is 28.1 Å². The molecule has 0 bridgehead atoms. The van der Waals surface area contributed by atoms with Crippen molar-refractivity contribution < 1.29 is 0 Å². The first kappa shape index (κ1) is 12.7. The maximum absolute atomic E-state index is 4.26. The van der Waals surface area contributed by atoms with Gasteiger partial charge < -0.3 is 5.32 Å². The second-order valence-corrected chi connectivity index (χ2v) is 5.78. The number of hydrogen-bond donors (Lipinski definition) is 1. The van der Waals surface area contributed by atoms with E-state index in [9.17, 15) is 0 Å². The van der Waals surface area contributed by atoms with Crippen LogP contribution in [0, 0.1) is 6.92 Å². The highest BCUT2D eigenvalue weighted by molar-refractivity contribution is 9.10. The van der Waals surface area contributed by atoms with Crippen molar-refractivity contribution in [1.29, 1.82) is 0 Å². The fourth-order valence-electron chi connectivity index (χ4n) is 1.59. The summed E-state index contributed by atoms with van der Waals surface area (Å²) in [6, 6.07) is 6.45. The molecule has 2 rings (SSSR count). The van der Waals surface area contributed by atoms with Crippen LogP contribution in [0.1, 0.15) is 16.1 Å². The standard InChI is InChI=1S/C13H15BrN2S/c1-10-2-3-11(12(14)8-10)9-15-5-4-13-16-6-7-17-13/h2-3,6-8,15H,4-5,9H2,1H3. The third-order valence-electron chi connectivity index (χ3n) is 2.52. The Balaban J connectivity index is 1.78. The molecule has 2 aromatic rings. The van der Waals surface area contributed by atoms with E-state index in [-0.39, 0.29) is 0 Å². The summed E-state index contributed by atoms with van der Waals surface area (Å²) in [6.45, 7) is 3.96. The molecule has 0 atom stereocenters. The number of thiazole rings is 1. The van der Waals surface area contributed by atoms with E-state index in [4.69, 9.17) is 0 Å². The highest BCUT2D eigenvalue weighted by Gasteiger charge is 2.00. The van der Waals surface area contributed by atoms with Crippen molar-refractivity contribution >= 4 is 27.3 Å². The molecule has 0 fully saturated rings. The summed E-state index contributed by atoms with van der Waals surface area (Å²) in [5.74, 6) is 0. The molecule has 1 N–H and O–H groups in total. The molecule has 0 unspecified atom stereocenters. The van der Waals surface area contributed by atoms with E-state index in [1.807, 2.05) is 11.6 Å². The molecule has 1 aromatic heterocycles. The van der Waals surface area contributed by atoms with Crippen molar-refractivity contribution in [3.63, 3.8) is 0 Å². The predicted octanol–water partition coefficient (Wildman–Crippen LogP) is 3.55. The fraction of sp³-hybridized carbons (Fsp3) is 0.308. The minimum atomic E-state index is 0.895. The monoisotopic (exact) mass is 310 g/mol. The third-order valence-corrected chi connectivity index (χ3v) is 4.10. The van der Waals surface area contributed by atoms with E-state index in [1.54, 1.807) is 11.3 Å². The van der Waals surface area contributed by atoms with Crippen LogP contribution in [0.5, 0.6) is 0 Å². The molecule has 0 spiro atoms. The minimum absolute atomic E-state index is 0.895. The first-order valence-electron chi connectivity index (χ1n) is 5.60. The Morgan fingerprint density at radius 2 is 2.29 bits per heavy atom. The Morgan fingerprint density at radius 1 is 1.41 bits per heavy atom. The molecule has 0 saturated heterocycles. The van der Waals surface area contributed by atoms with Gasteiger partial charge in [-0.25, -0.2) is 4.98 Å². The van der Waals surface area contributed by atoms with Gasteiger partial charge in [0.1, 0.15) is 0 Å². The Morgan fingerprint density at radius 3 is 3.00 bits per heavy atom. The molecule has 1 aromatic carbocycles. The molecule has 0 aliphatic rings. The van der Waals surface area contributed by atoms with Crippen LogP contribution in [0.3, 0.4) is 0 Å². The molecule has 1 heterocycles. The van der Waals surface area contributed by atoms with Crippen molar-refractivity contribution in [1.82, 2.24) is 10.3 Å². The lowest BCUT2D eigenvalue weighted by Crippen LogP contribution is -2.16. The van der Waals surface area contributed by atoms with Gasteiger partial charge in [0.15, 0.2) is 0 Å². The summed E-state index contributed by atoms with van der Waals surface area (Å²) in [7, 11) is 0. The molecule has 17 heavy (non-hydrogen) atoms. The van der Waals surface area contributed by atoms with E-state index >= 15 is 0 Å². The number of hydrogen-bond acceptors (Lipinski definition) is 3. The zero-order chi connectivity index (χ0) is 12.1. The molecule has 2 nitrogen and oxygen atoms in total. The number of rotatable bonds is 5. The molecule has 4 heteroatoms. The van der Waals surface area contributed by atoms with Crippen molar-refractivity contribution in [2.75, 3.05) is 6.54 Å². The SMILES string of the molecule is Cc1ccc(CNCCc2nccs2)c(Br)c1. The van der Waals surface area contributed by atoms with Crippen LogP contribution < -0.4 is 5.32 Å². The number of aromatic nitrogens is 1. The Labute approximate surface area is 114 Å². The van der Waals surface area contributed by atoms with E-state index in [1.165, 1.54) is 20.6 Å². The maximum Gasteiger partial charge on any atom is 0.0937 e. The number of halogens is 1. The van der Waals surface area contributed by atoms with Gasteiger partial charge >= 0.3 is 0 Å². The van der Waals surface area contributed by atoms with Crippen molar-refractivity contribution in [2.45, 2.75) is 19.9 Å². The zero-order valence-electron chi connectivity index (χ0n) is 9.74. The topological polar surface area (TPSA) is 24.9 Å². The average Bonchev–Trinajstić information content (AvgIpc) is 2.79. The van der Waals surface area contributed by atoms with Crippen LogP contribution in [0.25, 0.3) is 0 Å². The Kier molecular flexibility index (Phi) is 4.71. The number of aryl methyl sites for hydroxylation is 1. The van der Waals surface area contributed by atoms with Gasteiger partial charge in [0.05, 0.1) is 5.01 Å². The van der Waals surface area contributed by atoms with Crippen molar-refractivity contribution in [3.05, 3.63) is 50.4 Å². The maximum atomic E-state index is 4.26. The lowest BCUT2D eigenvalue weighted by Gasteiger charge is -2.06. The highest BCUT2D eigenvalue weighted by Crippen LogP contribution is 2.18. The molecule has 0 aliphatic heterocycles. The lowest BCUT2D eigenvalue weighted by atomic mass is 10.1. The van der Waals surface area contributed by atoms with Crippen molar-refractivity contribution in [3.8, 4) is 0 Å². The fourth-order valence-corrected chi connectivity index (χ4v) is 2.84. The summed E-state index contributed by atoms with van der Waals surface area (Å²) >= 11 is 5.30. The zero-order valence-corrected chi connectivity index (χ0v) is 12.1. The van der Waals surface area contributed by atoms with Crippen LogP contribution in [-0.2, 0) is 13.0 Å². The van der Waals surface area contributed by atoms with Gasteiger partial charge in [-0.2, -0.15) is 0 Å². The molecule has 0 radical (unpaired) electrons. The van der Waals surface area contributed by atoms with Crippen LogP contribution in [0.15, 0.2) is 34.2 Å². The van der Waals surface area contributed by atoms with Gasteiger partial charge in [-0.3, -0.25) is 0 Å². The molecular weight excluding hydrogens is 296 g/mol. The Hall–Kier alpha value is -0.710. The van der Waals surface area contributed by atoms with Gasteiger partial charge in [-0.05, 0) is 24.1 Å². The van der Waals surface area contributed by atoms with Gasteiger partial charge in [0.2, 0.25) is 0 Å². The van der Waals surface area contributed by atoms with E-state index in [2.05, 4.69) is 51.4 Å². The first-order valence-corrected chi connectivity index (χ1v) is 7.27. The molecular formula is C13H15BrN2S. The van der Waals surface area contributed by atoms with Crippen LogP contribution in [0.4, 0.5) is 0 Å². The molecule has 0 aliphatic carbocycles. The van der Waals surface area contributed by atoms with E-state index in [0.717, 1.165) is 19.5 Å². The quantitative estimate of drug-likeness (QED) is 0.854. The second kappa shape index (κ2) is 6.28. The Bertz CT molecular complexity index is 468. The third kappa shape index (κ3) is 3.91. The summed E-state index contributed by atoms with van der Waals surface area (Å²) in [5.41, 5.74) is 2.58. The van der Waals surface area contributed by atoms with Crippen molar-refractivity contribution in [2.24, 2.45) is 0 Å². The normalized spacial score (nSPS) is 10.7. The average molecular weight is 311 g/mol. The second-order valence-electron chi connectivity index (χ2n) is 3.95. The number of benzene rings is 1. The van der Waals surface area contributed by atoms with Crippen LogP contribution in [-0.4, -0.2) is 11.5 Å². The van der Waals surface area contributed by atoms with Gasteiger partial charge in [0.25, 0.3) is 0 Å². The predicted molar refractivity (Wildman–Crippen MR) is 76.4 cm³/mol. The summed E-state index contributed by atoms with van der Waals surface area (Å²) in [5, 5.41) is 6.65. The van der Waals surface area contributed by atoms with Crippen LogP contribution in [0.2, 0.25) is 0 Å². The minimum Gasteiger partial charge on any atom is -0.312 e. The molecule has 0 saturated carbocycles. The summed E-state index contributed by atoms with van der Waals surface area (Å²) in [6.07, 6.45) is 2.86. The summed E-state index contributed by atoms with van der Waals surface area (Å²) < 4.78 is 1.18.